The van der Waals surface area contributed by atoms with Crippen molar-refractivity contribution in [1.29, 1.82) is 0 Å². The third-order valence-electron chi connectivity index (χ3n) is 8.07. The lowest BCUT2D eigenvalue weighted by atomic mass is 10.0. The molecule has 7 rings (SSSR count). The van der Waals surface area contributed by atoms with Crippen LogP contribution in [-0.2, 0) is 37.5 Å². The lowest BCUT2D eigenvalue weighted by Gasteiger charge is -2.29. The molecule has 4 aromatic rings. The monoisotopic (exact) mass is 592 g/mol. The van der Waals surface area contributed by atoms with E-state index in [9.17, 15) is 13.2 Å². The number of ether oxygens (including phenoxy) is 2. The third kappa shape index (κ3) is 5.78. The van der Waals surface area contributed by atoms with Crippen LogP contribution in [0, 0.1) is 0 Å². The van der Waals surface area contributed by atoms with Gasteiger partial charge in [0.2, 0.25) is 5.88 Å². The van der Waals surface area contributed by atoms with E-state index in [0.717, 1.165) is 79.1 Å². The van der Waals surface area contributed by atoms with E-state index in [1.807, 2.05) is 12.1 Å². The van der Waals surface area contributed by atoms with Gasteiger partial charge in [0.1, 0.15) is 23.5 Å². The summed E-state index contributed by atoms with van der Waals surface area (Å²) in [5, 5.41) is 3.52. The molecule has 1 aliphatic carbocycles. The number of alkyl halides is 3. The molecule has 1 aromatic carbocycles. The van der Waals surface area contributed by atoms with Gasteiger partial charge in [-0.1, -0.05) is 24.3 Å². The van der Waals surface area contributed by atoms with Crippen LogP contribution in [0.1, 0.15) is 47.0 Å². The quantitative estimate of drug-likeness (QED) is 0.279. The summed E-state index contributed by atoms with van der Waals surface area (Å²) in [6, 6.07) is 7.33. The van der Waals surface area contributed by atoms with Crippen molar-refractivity contribution in [3.05, 3.63) is 65.0 Å². The molecule has 0 radical (unpaired) electrons. The summed E-state index contributed by atoms with van der Waals surface area (Å²) >= 11 is 0. The van der Waals surface area contributed by atoms with Gasteiger partial charge in [-0.05, 0) is 18.4 Å². The number of anilines is 1. The van der Waals surface area contributed by atoms with Gasteiger partial charge >= 0.3 is 6.18 Å². The summed E-state index contributed by atoms with van der Waals surface area (Å²) in [5.41, 5.74) is 4.32. The first-order valence-electron chi connectivity index (χ1n) is 14.3. The van der Waals surface area contributed by atoms with E-state index in [1.165, 1.54) is 10.9 Å². The number of hydrogen-bond donors (Lipinski definition) is 1. The Bertz CT molecular complexity index is 1650. The molecule has 224 valence electrons. The number of hydrogen-bond acceptors (Lipinski definition) is 9. The minimum absolute atomic E-state index is 0.256. The Morgan fingerprint density at radius 3 is 2.56 bits per heavy atom. The van der Waals surface area contributed by atoms with Gasteiger partial charge in [-0.15, -0.1) is 0 Å². The topological polar surface area (TPSA) is 106 Å². The predicted molar refractivity (Wildman–Crippen MR) is 151 cm³/mol. The van der Waals surface area contributed by atoms with Gasteiger partial charge in [-0.25, -0.2) is 24.9 Å². The number of aryl methyl sites for hydroxylation is 1. The zero-order chi connectivity index (χ0) is 29.7. The van der Waals surface area contributed by atoms with Crippen LogP contribution in [0.5, 0.6) is 5.88 Å². The number of halogens is 3. The smallest absolute Gasteiger partial charge is 0.434 e. The Balaban J connectivity index is 1.18. The molecule has 10 nitrogen and oxygen atoms in total. The van der Waals surface area contributed by atoms with Gasteiger partial charge in [0, 0.05) is 62.9 Å². The average Bonchev–Trinajstić information content (AvgIpc) is 3.94. The van der Waals surface area contributed by atoms with Crippen molar-refractivity contribution in [2.45, 2.75) is 50.6 Å². The van der Waals surface area contributed by atoms with Crippen molar-refractivity contribution in [3.63, 3.8) is 0 Å². The summed E-state index contributed by atoms with van der Waals surface area (Å²) in [6.07, 6.45) is 1.23. The van der Waals surface area contributed by atoms with Crippen LogP contribution in [0.15, 0.2) is 36.8 Å². The fourth-order valence-corrected chi connectivity index (χ4v) is 5.59. The van der Waals surface area contributed by atoms with Gasteiger partial charge in [-0.3, -0.25) is 4.90 Å². The van der Waals surface area contributed by atoms with E-state index in [-0.39, 0.29) is 11.9 Å². The van der Waals surface area contributed by atoms with Crippen molar-refractivity contribution in [2.24, 2.45) is 7.05 Å². The second-order valence-corrected chi connectivity index (χ2v) is 11.3. The van der Waals surface area contributed by atoms with E-state index in [1.54, 1.807) is 26.3 Å². The lowest BCUT2D eigenvalue weighted by Crippen LogP contribution is -2.35. The average molecular weight is 593 g/mol. The maximum atomic E-state index is 13.2. The summed E-state index contributed by atoms with van der Waals surface area (Å²) < 4.78 is 52.0. The Morgan fingerprint density at radius 1 is 1.09 bits per heavy atom. The molecule has 1 saturated carbocycles. The van der Waals surface area contributed by atoms with Crippen LogP contribution in [0.25, 0.3) is 22.8 Å². The highest BCUT2D eigenvalue weighted by atomic mass is 19.4. The predicted octanol–water partition coefficient (Wildman–Crippen LogP) is 4.61. The first-order valence-corrected chi connectivity index (χ1v) is 14.3. The lowest BCUT2D eigenvalue weighted by molar-refractivity contribution is -0.140. The van der Waals surface area contributed by atoms with Gasteiger partial charge in [0.25, 0.3) is 0 Å². The third-order valence-corrected chi connectivity index (χ3v) is 8.07. The van der Waals surface area contributed by atoms with Crippen LogP contribution < -0.4 is 10.1 Å². The van der Waals surface area contributed by atoms with Crippen molar-refractivity contribution in [1.82, 2.24) is 34.4 Å². The molecule has 1 N–H and O–H groups in total. The Hall–Kier alpha value is -4.10. The Morgan fingerprint density at radius 2 is 1.88 bits per heavy atom. The molecule has 13 heteroatoms. The first-order chi connectivity index (χ1) is 20.8. The number of imidazole rings is 1. The molecule has 2 fully saturated rings. The molecule has 1 atom stereocenters. The number of rotatable bonds is 9. The molecule has 5 heterocycles. The van der Waals surface area contributed by atoms with Crippen molar-refractivity contribution >= 4 is 5.82 Å². The fraction of sp³-hybridized carbons (Fsp3) is 0.433. The molecule has 0 spiro atoms. The van der Waals surface area contributed by atoms with Crippen LogP contribution in [-0.4, -0.2) is 67.3 Å². The van der Waals surface area contributed by atoms with E-state index in [2.05, 4.69) is 25.2 Å². The maximum Gasteiger partial charge on any atom is 0.434 e. The van der Waals surface area contributed by atoms with E-state index >= 15 is 0 Å². The van der Waals surface area contributed by atoms with Crippen LogP contribution in [0.3, 0.4) is 0 Å². The zero-order valence-corrected chi connectivity index (χ0v) is 23.9. The fourth-order valence-electron chi connectivity index (χ4n) is 5.59. The highest BCUT2D eigenvalue weighted by molar-refractivity contribution is 5.68. The van der Waals surface area contributed by atoms with E-state index in [4.69, 9.17) is 19.4 Å². The minimum atomic E-state index is -4.49. The molecular formula is C30H31F3N8O2. The number of benzene rings is 1. The van der Waals surface area contributed by atoms with Gasteiger partial charge in [-0.2, -0.15) is 13.2 Å². The summed E-state index contributed by atoms with van der Waals surface area (Å²) in [6.45, 7) is 3.72. The summed E-state index contributed by atoms with van der Waals surface area (Å²) in [4.78, 5) is 25.2. The maximum absolute atomic E-state index is 13.2. The van der Waals surface area contributed by atoms with Gasteiger partial charge in [0.15, 0.2) is 11.5 Å². The molecule has 0 bridgehead atoms. The molecule has 3 aromatic heterocycles. The van der Waals surface area contributed by atoms with Crippen LogP contribution >= 0.6 is 0 Å². The van der Waals surface area contributed by atoms with Crippen molar-refractivity contribution in [3.8, 4) is 28.7 Å². The molecule has 3 aliphatic rings. The largest absolute Gasteiger partial charge is 0.480 e. The number of nitrogens with zero attached hydrogens (tertiary/aromatic N) is 7. The van der Waals surface area contributed by atoms with E-state index < -0.39 is 11.9 Å². The Kier molecular flexibility index (Phi) is 7.01. The normalized spacial score (nSPS) is 18.4. The number of methoxy groups -OCH3 is 1. The summed E-state index contributed by atoms with van der Waals surface area (Å²) in [7, 11) is 3.15. The summed E-state index contributed by atoms with van der Waals surface area (Å²) in [5.74, 6) is 2.35. The molecule has 1 saturated heterocycles. The minimum Gasteiger partial charge on any atom is -0.480 e. The number of epoxide rings is 1. The van der Waals surface area contributed by atoms with Crippen molar-refractivity contribution in [2.75, 3.05) is 32.1 Å². The van der Waals surface area contributed by atoms with Gasteiger partial charge < -0.3 is 19.4 Å². The number of aromatic nitrogens is 6. The zero-order valence-electron chi connectivity index (χ0n) is 23.9. The SMILES string of the molecule is COc1ncnc(C2CC2)c1-c1nc2c(c(NCc3ccc(-c4nc(C(F)(F)F)cn4C)cc3)n1)CN(CC1CO1)CC2. The first kappa shape index (κ1) is 27.7. The molecule has 43 heavy (non-hydrogen) atoms. The molecule has 0 amide bonds. The molecule has 2 aliphatic heterocycles. The molecular weight excluding hydrogens is 561 g/mol. The van der Waals surface area contributed by atoms with Crippen molar-refractivity contribution < 1.29 is 22.6 Å². The van der Waals surface area contributed by atoms with Crippen LogP contribution in [0.2, 0.25) is 0 Å². The second kappa shape index (κ2) is 10.9. The highest BCUT2D eigenvalue weighted by Crippen LogP contribution is 2.45. The number of nitrogens with one attached hydrogen (secondary N) is 1. The van der Waals surface area contributed by atoms with Crippen LogP contribution in [0.4, 0.5) is 19.0 Å². The second-order valence-electron chi connectivity index (χ2n) is 11.3. The standard InChI is InChI=1S/C30H31F3N8O2/c1-40-14-23(30(31,32)33)38-28(40)19-5-3-17(4-6-19)11-34-26-21-13-41(12-20-15-43-20)10-9-22(21)37-27(39-26)24-25(18-7-8-18)35-16-36-29(24)42-2/h3-6,14,16,18,20H,7-13,15H2,1-2H3,(H,34,37,39). The number of fused-ring (bicyclic) bond motifs is 1. The Labute approximate surface area is 246 Å². The molecule has 1 unspecified atom stereocenters. The van der Waals surface area contributed by atoms with E-state index in [0.29, 0.717) is 36.3 Å². The highest BCUT2D eigenvalue weighted by Gasteiger charge is 2.35. The van der Waals surface area contributed by atoms with Gasteiger partial charge in [0.05, 0.1) is 31.2 Å².